The second kappa shape index (κ2) is 6.35. The number of amides is 1. The van der Waals surface area contributed by atoms with Crippen molar-refractivity contribution in [3.8, 4) is 11.5 Å². The lowest BCUT2D eigenvalue weighted by Gasteiger charge is -2.02. The molecule has 0 aliphatic heterocycles. The predicted molar refractivity (Wildman–Crippen MR) is 104 cm³/mol. The third-order valence-electron chi connectivity index (χ3n) is 4.37. The fraction of sp³-hybridized carbons (Fsp3) is 0. The van der Waals surface area contributed by atoms with Crippen molar-refractivity contribution in [1.29, 1.82) is 0 Å². The van der Waals surface area contributed by atoms with Crippen molar-refractivity contribution in [2.45, 2.75) is 0 Å². The molecule has 1 N–H and O–H groups in total. The number of nitrogens with zero attached hydrogens (tertiary/aromatic N) is 1. The number of rotatable bonds is 3. The Bertz CT molecular complexity index is 1300. The summed E-state index contributed by atoms with van der Waals surface area (Å²) in [6.07, 6.45) is 0. The Balaban J connectivity index is 1.43. The molecule has 5 nitrogen and oxygen atoms in total. The van der Waals surface area contributed by atoms with E-state index in [-0.39, 0.29) is 17.5 Å². The number of fused-ring (bicyclic) bond motifs is 2. The van der Waals surface area contributed by atoms with E-state index in [2.05, 4.69) is 10.3 Å². The first-order chi connectivity index (χ1) is 13.7. The van der Waals surface area contributed by atoms with Crippen molar-refractivity contribution in [1.82, 2.24) is 4.98 Å². The van der Waals surface area contributed by atoms with E-state index >= 15 is 0 Å². The van der Waals surface area contributed by atoms with Crippen molar-refractivity contribution < 1.29 is 18.0 Å². The summed E-state index contributed by atoms with van der Waals surface area (Å²) in [5, 5.41) is 3.66. The molecule has 28 heavy (non-hydrogen) atoms. The molecule has 2 aromatic heterocycles. The molecule has 136 valence electrons. The van der Waals surface area contributed by atoms with E-state index in [1.54, 1.807) is 36.4 Å². The molecule has 0 aliphatic rings. The van der Waals surface area contributed by atoms with Crippen LogP contribution < -0.4 is 5.32 Å². The fourth-order valence-corrected chi connectivity index (χ4v) is 3.04. The Morgan fingerprint density at radius 2 is 1.79 bits per heavy atom. The molecule has 3 aromatic carbocycles. The van der Waals surface area contributed by atoms with E-state index in [1.165, 1.54) is 12.1 Å². The van der Waals surface area contributed by atoms with Crippen molar-refractivity contribution in [2.75, 3.05) is 5.32 Å². The fourth-order valence-electron chi connectivity index (χ4n) is 3.04. The smallest absolute Gasteiger partial charge is 0.291 e. The van der Waals surface area contributed by atoms with Gasteiger partial charge in [-0.3, -0.25) is 4.79 Å². The molecule has 0 saturated heterocycles. The summed E-state index contributed by atoms with van der Waals surface area (Å²) in [7, 11) is 0. The Hall–Kier alpha value is -3.93. The molecule has 2 heterocycles. The van der Waals surface area contributed by atoms with E-state index in [1.807, 2.05) is 24.3 Å². The normalized spacial score (nSPS) is 11.2. The average Bonchev–Trinajstić information content (AvgIpc) is 3.32. The van der Waals surface area contributed by atoms with Gasteiger partial charge in [0.2, 0.25) is 5.89 Å². The highest BCUT2D eigenvalue weighted by atomic mass is 19.1. The number of carbonyl (C=O) groups is 1. The molecule has 5 aromatic rings. The van der Waals surface area contributed by atoms with E-state index in [0.29, 0.717) is 33.8 Å². The number of aromatic nitrogens is 1. The minimum absolute atomic E-state index is 0.224. The van der Waals surface area contributed by atoms with E-state index < -0.39 is 0 Å². The number of oxazole rings is 1. The van der Waals surface area contributed by atoms with Crippen LogP contribution in [0.25, 0.3) is 33.5 Å². The highest BCUT2D eigenvalue weighted by molar-refractivity contribution is 6.05. The van der Waals surface area contributed by atoms with Gasteiger partial charge in [-0.1, -0.05) is 24.3 Å². The summed E-state index contributed by atoms with van der Waals surface area (Å²) in [4.78, 5) is 16.9. The van der Waals surface area contributed by atoms with Gasteiger partial charge in [0, 0.05) is 16.6 Å². The van der Waals surface area contributed by atoms with Crippen molar-refractivity contribution >= 4 is 33.7 Å². The summed E-state index contributed by atoms with van der Waals surface area (Å²) < 4.78 is 24.7. The van der Waals surface area contributed by atoms with Gasteiger partial charge < -0.3 is 14.2 Å². The molecule has 0 fully saturated rings. The van der Waals surface area contributed by atoms with Gasteiger partial charge in [-0.25, -0.2) is 9.37 Å². The molecule has 0 atom stereocenters. The van der Waals surface area contributed by atoms with Gasteiger partial charge in [0.1, 0.15) is 16.9 Å². The van der Waals surface area contributed by atoms with Crippen molar-refractivity contribution in [3.63, 3.8) is 0 Å². The van der Waals surface area contributed by atoms with Gasteiger partial charge in [-0.15, -0.1) is 0 Å². The molecule has 6 heteroatoms. The number of carbonyl (C=O) groups excluding carboxylic acids is 1. The quantitative estimate of drug-likeness (QED) is 0.445. The van der Waals surface area contributed by atoms with Crippen LogP contribution in [0.15, 0.2) is 81.6 Å². The first-order valence-electron chi connectivity index (χ1n) is 8.62. The molecular weight excluding hydrogens is 359 g/mol. The monoisotopic (exact) mass is 372 g/mol. The maximum Gasteiger partial charge on any atom is 0.291 e. The topological polar surface area (TPSA) is 68.3 Å². The zero-order chi connectivity index (χ0) is 19.1. The number of anilines is 1. The SMILES string of the molecule is O=C(Nc1ccc2oc(-c3cccc(F)c3)nc2c1)c1cc2ccccc2o1. The Kier molecular flexibility index (Phi) is 3.69. The van der Waals surface area contributed by atoms with Crippen LogP contribution in [0.2, 0.25) is 0 Å². The zero-order valence-corrected chi connectivity index (χ0v) is 14.5. The molecule has 0 aliphatic carbocycles. The van der Waals surface area contributed by atoms with E-state index in [4.69, 9.17) is 8.83 Å². The average molecular weight is 372 g/mol. The second-order valence-electron chi connectivity index (χ2n) is 6.31. The first-order valence-corrected chi connectivity index (χ1v) is 8.62. The molecule has 5 rings (SSSR count). The van der Waals surface area contributed by atoms with Gasteiger partial charge >= 0.3 is 0 Å². The standard InChI is InChI=1S/C22H13FN2O3/c23-15-6-3-5-14(10-15)22-25-17-12-16(8-9-19(17)28-22)24-21(26)20-11-13-4-1-2-7-18(13)27-20/h1-12H,(H,24,26). The summed E-state index contributed by atoms with van der Waals surface area (Å²) >= 11 is 0. The van der Waals surface area contributed by atoms with Gasteiger partial charge in [-0.2, -0.15) is 0 Å². The Morgan fingerprint density at radius 1 is 0.893 bits per heavy atom. The Labute approximate surface area is 158 Å². The third-order valence-corrected chi connectivity index (χ3v) is 4.37. The van der Waals surface area contributed by atoms with E-state index in [9.17, 15) is 9.18 Å². The maximum atomic E-state index is 13.4. The summed E-state index contributed by atoms with van der Waals surface area (Å²) in [5.74, 6) is -0.180. The number of nitrogens with one attached hydrogen (secondary N) is 1. The van der Waals surface area contributed by atoms with Crippen LogP contribution >= 0.6 is 0 Å². The van der Waals surface area contributed by atoms with Crippen LogP contribution in [0.3, 0.4) is 0 Å². The van der Waals surface area contributed by atoms with Crippen LogP contribution in [0.1, 0.15) is 10.6 Å². The van der Waals surface area contributed by atoms with Crippen LogP contribution in [0.5, 0.6) is 0 Å². The molecule has 0 bridgehead atoms. The summed E-state index contributed by atoms with van der Waals surface area (Å²) in [6, 6.07) is 20.3. The van der Waals surface area contributed by atoms with Crippen LogP contribution in [0, 0.1) is 5.82 Å². The predicted octanol–water partition coefficient (Wildman–Crippen LogP) is 5.63. The molecular formula is C22H13FN2O3. The molecule has 0 saturated carbocycles. The minimum Gasteiger partial charge on any atom is -0.451 e. The summed E-state index contributed by atoms with van der Waals surface area (Å²) in [5.41, 5.74) is 2.85. The lowest BCUT2D eigenvalue weighted by Crippen LogP contribution is -2.10. The largest absolute Gasteiger partial charge is 0.451 e. The molecule has 0 spiro atoms. The maximum absolute atomic E-state index is 13.4. The van der Waals surface area contributed by atoms with Crippen LogP contribution in [0.4, 0.5) is 10.1 Å². The number of para-hydroxylation sites is 1. The number of hydrogen-bond donors (Lipinski definition) is 1. The van der Waals surface area contributed by atoms with Crippen LogP contribution in [-0.2, 0) is 0 Å². The molecule has 0 unspecified atom stereocenters. The number of halogens is 1. The van der Waals surface area contributed by atoms with E-state index in [0.717, 1.165) is 5.39 Å². The van der Waals surface area contributed by atoms with Crippen molar-refractivity contribution in [2.24, 2.45) is 0 Å². The van der Waals surface area contributed by atoms with Gasteiger partial charge in [0.25, 0.3) is 5.91 Å². The molecule has 1 amide bonds. The lowest BCUT2D eigenvalue weighted by molar-refractivity contribution is 0.0998. The Morgan fingerprint density at radius 3 is 2.64 bits per heavy atom. The second-order valence-corrected chi connectivity index (χ2v) is 6.31. The number of furan rings is 1. The lowest BCUT2D eigenvalue weighted by atomic mass is 10.2. The zero-order valence-electron chi connectivity index (χ0n) is 14.5. The van der Waals surface area contributed by atoms with Gasteiger partial charge in [-0.05, 0) is 48.5 Å². The highest BCUT2D eigenvalue weighted by Gasteiger charge is 2.14. The molecule has 0 radical (unpaired) electrons. The van der Waals surface area contributed by atoms with Crippen molar-refractivity contribution in [3.05, 3.63) is 84.4 Å². The highest BCUT2D eigenvalue weighted by Crippen LogP contribution is 2.27. The summed E-state index contributed by atoms with van der Waals surface area (Å²) in [6.45, 7) is 0. The third kappa shape index (κ3) is 2.91. The van der Waals surface area contributed by atoms with Gasteiger partial charge in [0.15, 0.2) is 11.3 Å². The number of benzene rings is 3. The first kappa shape index (κ1) is 16.3. The number of hydrogen-bond acceptors (Lipinski definition) is 4. The minimum atomic E-state index is -0.362. The van der Waals surface area contributed by atoms with Gasteiger partial charge in [0.05, 0.1) is 0 Å². The van der Waals surface area contributed by atoms with Crippen LogP contribution in [-0.4, -0.2) is 10.9 Å².